The number of aromatic nitrogens is 2. The highest BCUT2D eigenvalue weighted by Gasteiger charge is 2.16. The van der Waals surface area contributed by atoms with Crippen LogP contribution in [0.4, 0.5) is 8.78 Å². The Morgan fingerprint density at radius 3 is 2.52 bits per heavy atom. The number of guanidine groups is 1. The molecular formula is C23H28F2IN5O2. The van der Waals surface area contributed by atoms with E-state index in [0.29, 0.717) is 31.2 Å². The van der Waals surface area contributed by atoms with Crippen molar-refractivity contribution in [2.24, 2.45) is 4.99 Å². The maximum Gasteiger partial charge on any atom is 0.387 e. The lowest BCUT2D eigenvalue weighted by Gasteiger charge is -2.17. The van der Waals surface area contributed by atoms with Crippen molar-refractivity contribution < 1.29 is 18.3 Å². The van der Waals surface area contributed by atoms with E-state index in [1.807, 2.05) is 43.5 Å². The van der Waals surface area contributed by atoms with Crippen LogP contribution < -0.4 is 20.1 Å². The molecule has 1 aromatic heterocycles. The maximum absolute atomic E-state index is 12.9. The normalized spacial score (nSPS) is 11.1. The summed E-state index contributed by atoms with van der Waals surface area (Å²) in [5.41, 5.74) is 2.54. The fraction of sp³-hybridized carbons (Fsp3) is 0.304. The van der Waals surface area contributed by atoms with Crippen LogP contribution in [0.15, 0.2) is 65.9 Å². The quantitative estimate of drug-likeness (QED) is 0.209. The monoisotopic (exact) mass is 571 g/mol. The van der Waals surface area contributed by atoms with Gasteiger partial charge in [0.2, 0.25) is 0 Å². The van der Waals surface area contributed by atoms with E-state index < -0.39 is 6.61 Å². The Kier molecular flexibility index (Phi) is 10.9. The van der Waals surface area contributed by atoms with Gasteiger partial charge in [-0.05, 0) is 43.7 Å². The molecule has 2 aromatic carbocycles. The van der Waals surface area contributed by atoms with E-state index in [1.54, 1.807) is 36.0 Å². The maximum atomic E-state index is 12.9. The summed E-state index contributed by atoms with van der Waals surface area (Å²) in [6.45, 7) is 2.50. The second kappa shape index (κ2) is 13.6. The van der Waals surface area contributed by atoms with Crippen LogP contribution in [-0.2, 0) is 13.1 Å². The Hall–Kier alpha value is -2.89. The molecule has 0 spiro atoms. The Morgan fingerprint density at radius 2 is 1.88 bits per heavy atom. The fourth-order valence-corrected chi connectivity index (χ4v) is 3.06. The first kappa shape index (κ1) is 26.4. The molecule has 0 amide bonds. The predicted molar refractivity (Wildman–Crippen MR) is 135 cm³/mol. The third-order valence-corrected chi connectivity index (χ3v) is 4.48. The number of hydrogen-bond acceptors (Lipinski definition) is 4. The molecule has 0 fully saturated rings. The highest BCUT2D eigenvalue weighted by Crippen LogP contribution is 2.32. The smallest absolute Gasteiger partial charge is 0.387 e. The zero-order valence-corrected chi connectivity index (χ0v) is 20.8. The number of ether oxygens (including phenoxy) is 2. The van der Waals surface area contributed by atoms with Crippen molar-refractivity contribution in [3.05, 3.63) is 72.1 Å². The highest BCUT2D eigenvalue weighted by molar-refractivity contribution is 14.0. The number of hydrogen-bond donors (Lipinski definition) is 2. The van der Waals surface area contributed by atoms with Crippen LogP contribution in [0.1, 0.15) is 25.0 Å². The summed E-state index contributed by atoms with van der Waals surface area (Å²) < 4.78 is 37.8. The summed E-state index contributed by atoms with van der Waals surface area (Å²) >= 11 is 0. The van der Waals surface area contributed by atoms with E-state index in [2.05, 4.69) is 20.7 Å². The largest absolute Gasteiger partial charge is 0.490 e. The molecule has 0 unspecified atom stereocenters. The van der Waals surface area contributed by atoms with Gasteiger partial charge >= 0.3 is 6.61 Å². The number of benzene rings is 2. The van der Waals surface area contributed by atoms with Gasteiger partial charge in [-0.3, -0.25) is 0 Å². The molecule has 7 nitrogen and oxygen atoms in total. The van der Waals surface area contributed by atoms with Crippen LogP contribution in [0.2, 0.25) is 0 Å². The Bertz CT molecular complexity index is 999. The van der Waals surface area contributed by atoms with Gasteiger partial charge in [0.1, 0.15) is 0 Å². The average molecular weight is 571 g/mol. The van der Waals surface area contributed by atoms with Crippen LogP contribution >= 0.6 is 24.0 Å². The molecule has 0 radical (unpaired) electrons. The van der Waals surface area contributed by atoms with Crippen LogP contribution in [0, 0.1) is 0 Å². The molecule has 0 atom stereocenters. The number of nitrogens with one attached hydrogen (secondary N) is 2. The molecular weight excluding hydrogens is 543 g/mol. The number of nitrogens with zero attached hydrogens (tertiary/aromatic N) is 3. The minimum absolute atomic E-state index is 0. The van der Waals surface area contributed by atoms with Gasteiger partial charge < -0.3 is 20.1 Å². The van der Waals surface area contributed by atoms with Gasteiger partial charge in [-0.25, -0.2) is 9.67 Å². The molecule has 3 aromatic rings. The molecule has 0 saturated carbocycles. The molecule has 1 heterocycles. The molecule has 3 rings (SSSR count). The third kappa shape index (κ3) is 7.88. The van der Waals surface area contributed by atoms with Crippen molar-refractivity contribution in [1.82, 2.24) is 20.4 Å². The van der Waals surface area contributed by atoms with Crippen LogP contribution in [0.25, 0.3) is 5.69 Å². The summed E-state index contributed by atoms with van der Waals surface area (Å²) in [6.07, 6.45) is 3.61. The molecule has 0 aliphatic rings. The van der Waals surface area contributed by atoms with E-state index in [9.17, 15) is 8.78 Å². The summed E-state index contributed by atoms with van der Waals surface area (Å²) in [5, 5.41) is 10.5. The second-order valence-electron chi connectivity index (χ2n) is 6.72. The van der Waals surface area contributed by atoms with Crippen LogP contribution in [-0.4, -0.2) is 35.5 Å². The molecule has 178 valence electrons. The Labute approximate surface area is 209 Å². The van der Waals surface area contributed by atoms with Crippen LogP contribution in [0.3, 0.4) is 0 Å². The van der Waals surface area contributed by atoms with E-state index in [4.69, 9.17) is 9.47 Å². The number of aliphatic imine (C=N–C) groups is 1. The highest BCUT2D eigenvalue weighted by atomic mass is 127. The number of para-hydroxylation sites is 1. The van der Waals surface area contributed by atoms with Crippen molar-refractivity contribution in [3.63, 3.8) is 0 Å². The van der Waals surface area contributed by atoms with Crippen molar-refractivity contribution in [3.8, 4) is 17.2 Å². The molecule has 0 aliphatic heterocycles. The zero-order valence-electron chi connectivity index (χ0n) is 18.5. The first-order valence-electron chi connectivity index (χ1n) is 10.4. The van der Waals surface area contributed by atoms with Crippen molar-refractivity contribution in [1.29, 1.82) is 0 Å². The number of alkyl halides is 2. The van der Waals surface area contributed by atoms with E-state index in [1.165, 1.54) is 0 Å². The van der Waals surface area contributed by atoms with Gasteiger partial charge in [-0.1, -0.05) is 24.3 Å². The summed E-state index contributed by atoms with van der Waals surface area (Å²) in [7, 11) is 0. The average Bonchev–Trinajstić information content (AvgIpc) is 3.32. The van der Waals surface area contributed by atoms with Gasteiger partial charge in [0.25, 0.3) is 0 Å². The zero-order chi connectivity index (χ0) is 22.8. The molecule has 10 heteroatoms. The first-order chi connectivity index (χ1) is 15.6. The first-order valence-corrected chi connectivity index (χ1v) is 10.4. The Morgan fingerprint density at radius 1 is 1.09 bits per heavy atom. The van der Waals surface area contributed by atoms with Gasteiger partial charge in [0.05, 0.1) is 18.8 Å². The van der Waals surface area contributed by atoms with Gasteiger partial charge in [-0.2, -0.15) is 13.9 Å². The van der Waals surface area contributed by atoms with Crippen molar-refractivity contribution in [2.75, 3.05) is 13.2 Å². The molecule has 0 aliphatic carbocycles. The molecule has 33 heavy (non-hydrogen) atoms. The van der Waals surface area contributed by atoms with Gasteiger partial charge in [0.15, 0.2) is 17.5 Å². The second-order valence-corrected chi connectivity index (χ2v) is 6.72. The lowest BCUT2D eigenvalue weighted by atomic mass is 10.2. The van der Waals surface area contributed by atoms with E-state index in [-0.39, 0.29) is 42.0 Å². The molecule has 0 saturated heterocycles. The van der Waals surface area contributed by atoms with E-state index >= 15 is 0 Å². The van der Waals surface area contributed by atoms with E-state index in [0.717, 1.165) is 11.3 Å². The minimum atomic E-state index is -2.94. The number of rotatable bonds is 10. The minimum Gasteiger partial charge on any atom is -0.490 e. The fourth-order valence-electron chi connectivity index (χ4n) is 3.06. The summed E-state index contributed by atoms with van der Waals surface area (Å²) in [5.74, 6) is 0.877. The van der Waals surface area contributed by atoms with Gasteiger partial charge in [-0.15, -0.1) is 24.0 Å². The number of halogens is 3. The molecule has 2 N–H and O–H groups in total. The van der Waals surface area contributed by atoms with Crippen molar-refractivity contribution in [2.45, 2.75) is 33.5 Å². The van der Waals surface area contributed by atoms with Gasteiger partial charge in [0, 0.05) is 31.0 Å². The lowest BCUT2D eigenvalue weighted by molar-refractivity contribution is -0.0520. The topological polar surface area (TPSA) is 72.7 Å². The molecule has 0 bridgehead atoms. The predicted octanol–water partition coefficient (Wildman–Crippen LogP) is 4.75. The van der Waals surface area contributed by atoms with Crippen molar-refractivity contribution >= 4 is 29.9 Å². The lowest BCUT2D eigenvalue weighted by Crippen LogP contribution is -2.36. The van der Waals surface area contributed by atoms with Crippen LogP contribution in [0.5, 0.6) is 11.5 Å². The summed E-state index contributed by atoms with van der Waals surface area (Å²) in [6, 6.07) is 14.9. The standard InChI is InChI=1S/C23H27F2N5O2.HI/c1-3-26-23(27-15-17-9-11-19(12-10-17)30-14-6-13-29-30)28-16-18-7-5-8-20(31-4-2)21(18)32-22(24)25;/h5-14,22H,3-4,15-16H2,1-2H3,(H2,26,27,28);1H. The third-order valence-electron chi connectivity index (χ3n) is 4.48. The SMILES string of the molecule is CCNC(=NCc1ccc(-n2cccn2)cc1)NCc1cccc(OCC)c1OC(F)F.I. The summed E-state index contributed by atoms with van der Waals surface area (Å²) in [4.78, 5) is 4.59. The Balaban J connectivity index is 0.00000385.